The minimum Gasteiger partial charge on any atom is -0.497 e. The Labute approximate surface area is 116 Å². The number of carbonyl (C=O) groups excluding carboxylic acids is 1. The molecule has 2 aliphatic rings. The van der Waals surface area contributed by atoms with Crippen molar-refractivity contribution in [1.82, 2.24) is 0 Å². The summed E-state index contributed by atoms with van der Waals surface area (Å²) in [5, 5.41) is 9.63. The molecule has 0 aromatic heterocycles. The summed E-state index contributed by atoms with van der Waals surface area (Å²) in [5.41, 5.74) is 0.409. The van der Waals surface area contributed by atoms with Crippen LogP contribution in [-0.4, -0.2) is 55.8 Å². The monoisotopic (exact) mass is 280 g/mol. The van der Waals surface area contributed by atoms with Gasteiger partial charge < -0.3 is 24.1 Å². The van der Waals surface area contributed by atoms with E-state index in [-0.39, 0.29) is 19.3 Å². The second-order valence-electron chi connectivity index (χ2n) is 4.84. The van der Waals surface area contributed by atoms with E-state index in [0.717, 1.165) is 0 Å². The quantitative estimate of drug-likeness (QED) is 0.807. The van der Waals surface area contributed by atoms with Crippen LogP contribution >= 0.6 is 0 Å². The first-order chi connectivity index (χ1) is 9.69. The summed E-state index contributed by atoms with van der Waals surface area (Å²) < 4.78 is 21.3. The number of aliphatic hydroxyl groups is 1. The fourth-order valence-electron chi connectivity index (χ4n) is 2.50. The smallest absolute Gasteiger partial charge is 0.338 e. The lowest BCUT2D eigenvalue weighted by atomic mass is 10.1. The number of aliphatic hydroxyl groups excluding tert-OH is 1. The average Bonchev–Trinajstić information content (AvgIpc) is 3.03. The van der Waals surface area contributed by atoms with E-state index in [0.29, 0.717) is 11.3 Å². The van der Waals surface area contributed by atoms with Gasteiger partial charge in [-0.25, -0.2) is 4.79 Å². The molecule has 0 saturated carbocycles. The van der Waals surface area contributed by atoms with E-state index >= 15 is 0 Å². The first-order valence-electron chi connectivity index (χ1n) is 6.45. The standard InChI is InChI=1S/C14H16O6/c1-17-9-4-2-3-8(5-9)14(16)20-11-7-19-12-10(15)6-18-13(11)12/h2-5,10-13,15H,6-7H2,1H3/t10-,11+,12-,13-/m1/s1. The minimum absolute atomic E-state index is 0.211. The highest BCUT2D eigenvalue weighted by Crippen LogP contribution is 2.29. The molecule has 0 aliphatic carbocycles. The maximum absolute atomic E-state index is 12.1. The number of fused-ring (bicyclic) bond motifs is 1. The van der Waals surface area contributed by atoms with Gasteiger partial charge in [0.25, 0.3) is 0 Å². The zero-order valence-corrected chi connectivity index (χ0v) is 11.0. The molecular weight excluding hydrogens is 264 g/mol. The molecule has 3 rings (SSSR count). The van der Waals surface area contributed by atoms with Crippen LogP contribution in [0.25, 0.3) is 0 Å². The van der Waals surface area contributed by atoms with Gasteiger partial charge in [0.2, 0.25) is 0 Å². The van der Waals surface area contributed by atoms with Crippen LogP contribution in [-0.2, 0) is 14.2 Å². The van der Waals surface area contributed by atoms with Crippen LogP contribution in [0.1, 0.15) is 10.4 Å². The first kappa shape index (κ1) is 13.4. The molecule has 2 heterocycles. The van der Waals surface area contributed by atoms with Crippen molar-refractivity contribution in [3.63, 3.8) is 0 Å². The normalized spacial score (nSPS) is 31.9. The molecule has 6 heteroatoms. The molecule has 4 atom stereocenters. The predicted octanol–water partition coefficient (Wildman–Crippen LogP) is 0.379. The molecule has 20 heavy (non-hydrogen) atoms. The van der Waals surface area contributed by atoms with Gasteiger partial charge >= 0.3 is 5.97 Å². The second kappa shape index (κ2) is 5.40. The number of benzene rings is 1. The predicted molar refractivity (Wildman–Crippen MR) is 67.7 cm³/mol. The lowest BCUT2D eigenvalue weighted by molar-refractivity contribution is -0.0209. The Morgan fingerprint density at radius 3 is 2.90 bits per heavy atom. The average molecular weight is 280 g/mol. The minimum atomic E-state index is -0.652. The van der Waals surface area contributed by atoms with Crippen molar-refractivity contribution in [2.75, 3.05) is 20.3 Å². The summed E-state index contributed by atoms with van der Waals surface area (Å²) >= 11 is 0. The molecule has 0 spiro atoms. The summed E-state index contributed by atoms with van der Waals surface area (Å²) in [6, 6.07) is 6.74. The van der Waals surface area contributed by atoms with Crippen LogP contribution in [0.2, 0.25) is 0 Å². The molecule has 0 bridgehead atoms. The molecule has 0 radical (unpaired) electrons. The third-order valence-electron chi connectivity index (χ3n) is 3.55. The maximum atomic E-state index is 12.1. The molecule has 1 aromatic carbocycles. The Morgan fingerprint density at radius 1 is 1.30 bits per heavy atom. The van der Waals surface area contributed by atoms with Crippen molar-refractivity contribution < 1.29 is 28.8 Å². The van der Waals surface area contributed by atoms with Gasteiger partial charge in [-0.1, -0.05) is 6.07 Å². The number of esters is 1. The van der Waals surface area contributed by atoms with Crippen LogP contribution in [0, 0.1) is 0 Å². The second-order valence-corrected chi connectivity index (χ2v) is 4.84. The van der Waals surface area contributed by atoms with Crippen molar-refractivity contribution >= 4 is 5.97 Å². The van der Waals surface area contributed by atoms with E-state index in [1.165, 1.54) is 7.11 Å². The Kier molecular flexibility index (Phi) is 3.60. The van der Waals surface area contributed by atoms with E-state index < -0.39 is 24.3 Å². The Balaban J connectivity index is 1.67. The SMILES string of the molecule is COc1cccc(C(=O)O[C@H]2CO[C@H]3[C@@H]2OC[C@H]3O)c1. The highest BCUT2D eigenvalue weighted by molar-refractivity contribution is 5.90. The largest absolute Gasteiger partial charge is 0.497 e. The Morgan fingerprint density at radius 2 is 2.10 bits per heavy atom. The van der Waals surface area contributed by atoms with E-state index in [1.54, 1.807) is 24.3 Å². The summed E-state index contributed by atoms with van der Waals surface area (Å²) in [7, 11) is 1.54. The Bertz CT molecular complexity index is 502. The van der Waals surface area contributed by atoms with Gasteiger partial charge in [0.15, 0.2) is 6.10 Å². The van der Waals surface area contributed by atoms with Crippen LogP contribution < -0.4 is 4.74 Å². The molecule has 2 saturated heterocycles. The number of hydrogen-bond donors (Lipinski definition) is 1. The van der Waals surface area contributed by atoms with Crippen LogP contribution in [0.4, 0.5) is 0 Å². The molecule has 108 valence electrons. The van der Waals surface area contributed by atoms with Crippen LogP contribution in [0.3, 0.4) is 0 Å². The van der Waals surface area contributed by atoms with Crippen molar-refractivity contribution in [3.8, 4) is 5.75 Å². The van der Waals surface area contributed by atoms with Gasteiger partial charge in [-0.2, -0.15) is 0 Å². The van der Waals surface area contributed by atoms with Crippen molar-refractivity contribution in [1.29, 1.82) is 0 Å². The van der Waals surface area contributed by atoms with Crippen molar-refractivity contribution in [3.05, 3.63) is 29.8 Å². The molecule has 1 aromatic rings. The summed E-state index contributed by atoms with van der Waals surface area (Å²) in [5.74, 6) is 0.135. The number of rotatable bonds is 3. The molecule has 0 amide bonds. The lowest BCUT2D eigenvalue weighted by Crippen LogP contribution is -2.34. The third-order valence-corrected chi connectivity index (χ3v) is 3.55. The topological polar surface area (TPSA) is 74.2 Å². The van der Waals surface area contributed by atoms with Gasteiger partial charge in [-0.15, -0.1) is 0 Å². The lowest BCUT2D eigenvalue weighted by Gasteiger charge is -2.16. The third kappa shape index (κ3) is 2.37. The van der Waals surface area contributed by atoms with E-state index in [2.05, 4.69) is 0 Å². The molecule has 1 N–H and O–H groups in total. The van der Waals surface area contributed by atoms with Gasteiger partial charge in [-0.3, -0.25) is 0 Å². The van der Waals surface area contributed by atoms with E-state index in [1.807, 2.05) is 0 Å². The fraction of sp³-hybridized carbons (Fsp3) is 0.500. The molecular formula is C14H16O6. The van der Waals surface area contributed by atoms with Crippen molar-refractivity contribution in [2.45, 2.75) is 24.4 Å². The first-order valence-corrected chi connectivity index (χ1v) is 6.45. The highest BCUT2D eigenvalue weighted by Gasteiger charge is 2.48. The number of methoxy groups -OCH3 is 1. The van der Waals surface area contributed by atoms with Crippen molar-refractivity contribution in [2.24, 2.45) is 0 Å². The highest BCUT2D eigenvalue weighted by atomic mass is 16.6. The molecule has 2 fully saturated rings. The van der Waals surface area contributed by atoms with E-state index in [4.69, 9.17) is 18.9 Å². The zero-order valence-electron chi connectivity index (χ0n) is 11.0. The molecule has 2 aliphatic heterocycles. The molecule has 0 unspecified atom stereocenters. The number of hydrogen-bond acceptors (Lipinski definition) is 6. The number of ether oxygens (including phenoxy) is 4. The Hall–Kier alpha value is -1.63. The zero-order chi connectivity index (χ0) is 14.1. The summed E-state index contributed by atoms with van der Waals surface area (Å²) in [6.07, 6.45) is -1.94. The van der Waals surface area contributed by atoms with Gasteiger partial charge in [-0.05, 0) is 18.2 Å². The van der Waals surface area contributed by atoms with E-state index in [9.17, 15) is 9.90 Å². The van der Waals surface area contributed by atoms with Gasteiger partial charge in [0.05, 0.1) is 25.9 Å². The summed E-state index contributed by atoms with van der Waals surface area (Å²) in [6.45, 7) is 0.449. The van der Waals surface area contributed by atoms with Gasteiger partial charge in [0, 0.05) is 0 Å². The van der Waals surface area contributed by atoms with Gasteiger partial charge in [0.1, 0.15) is 24.1 Å². The van der Waals surface area contributed by atoms with Crippen LogP contribution in [0.5, 0.6) is 5.75 Å². The van der Waals surface area contributed by atoms with Crippen LogP contribution in [0.15, 0.2) is 24.3 Å². The maximum Gasteiger partial charge on any atom is 0.338 e. The fourth-order valence-corrected chi connectivity index (χ4v) is 2.50. The number of carbonyl (C=O) groups is 1. The molecule has 6 nitrogen and oxygen atoms in total. The summed E-state index contributed by atoms with van der Waals surface area (Å²) in [4.78, 5) is 12.1.